The van der Waals surface area contributed by atoms with Crippen molar-refractivity contribution in [2.45, 2.75) is 26.2 Å². The molecule has 0 aliphatic carbocycles. The summed E-state index contributed by atoms with van der Waals surface area (Å²) < 4.78 is 26.3. The second-order valence-corrected chi connectivity index (χ2v) is 6.63. The molecule has 176 valence electrons. The van der Waals surface area contributed by atoms with Gasteiger partial charge in [0, 0.05) is 0 Å². The van der Waals surface area contributed by atoms with Crippen LogP contribution >= 0.6 is 0 Å². The van der Waals surface area contributed by atoms with E-state index in [1.165, 1.54) is 19.2 Å². The number of carbonyl (C=O) groups excluding carboxylic acids is 3. The summed E-state index contributed by atoms with van der Waals surface area (Å²) >= 11 is 0. The van der Waals surface area contributed by atoms with Crippen molar-refractivity contribution in [3.63, 3.8) is 0 Å². The average Bonchev–Trinajstić information content (AvgIpc) is 2.77. The van der Waals surface area contributed by atoms with Gasteiger partial charge in [0.1, 0.15) is 23.8 Å². The molecular weight excluding hydrogens is 434 g/mol. The number of amides is 1. The second kappa shape index (κ2) is 11.4. The highest BCUT2D eigenvalue weighted by molar-refractivity contribution is 5.93. The Morgan fingerprint density at radius 3 is 2.42 bits per heavy atom. The molecule has 1 aliphatic heterocycles. The van der Waals surface area contributed by atoms with Crippen molar-refractivity contribution in [1.82, 2.24) is 0 Å². The lowest BCUT2D eigenvalue weighted by atomic mass is 9.82. The zero-order chi connectivity index (χ0) is 24.5. The van der Waals surface area contributed by atoms with Gasteiger partial charge in [0.2, 0.25) is 5.88 Å². The van der Waals surface area contributed by atoms with Gasteiger partial charge in [-0.2, -0.15) is 5.26 Å². The Morgan fingerprint density at radius 1 is 1.15 bits per heavy atom. The number of primary amides is 1. The molecule has 1 unspecified atom stereocenters. The second-order valence-electron chi connectivity index (χ2n) is 6.63. The normalized spacial score (nSPS) is 15.3. The Kier molecular flexibility index (Phi) is 8.68. The predicted octanol–water partition coefficient (Wildman–Crippen LogP) is 1.14. The maximum absolute atomic E-state index is 12.9. The summed E-state index contributed by atoms with van der Waals surface area (Å²) in [7, 11) is 1.38. The van der Waals surface area contributed by atoms with Gasteiger partial charge in [0.05, 0.1) is 31.8 Å². The number of esters is 2. The van der Waals surface area contributed by atoms with E-state index in [0.717, 1.165) is 0 Å². The summed E-state index contributed by atoms with van der Waals surface area (Å²) in [6.45, 7) is 3.06. The molecule has 0 aromatic heterocycles. The number of methoxy groups -OCH3 is 1. The maximum Gasteiger partial charge on any atom is 0.338 e. The first kappa shape index (κ1) is 25.1. The molecule has 11 heteroatoms. The third-order valence-corrected chi connectivity index (χ3v) is 4.49. The number of nitrogens with two attached hydrogens (primary N) is 2. The molecule has 1 aliphatic rings. The van der Waals surface area contributed by atoms with E-state index < -0.39 is 30.2 Å². The number of carbonyl (C=O) groups is 3. The maximum atomic E-state index is 12.9. The fourth-order valence-corrected chi connectivity index (χ4v) is 3.19. The molecule has 33 heavy (non-hydrogen) atoms. The molecule has 0 spiro atoms. The molecule has 1 aromatic carbocycles. The number of hydrogen-bond acceptors (Lipinski definition) is 10. The number of ether oxygens (including phenoxy) is 5. The van der Waals surface area contributed by atoms with E-state index in [2.05, 4.69) is 0 Å². The lowest BCUT2D eigenvalue weighted by Crippen LogP contribution is -2.27. The standard InChI is InChI=1S/C22H25N3O8/c1-4-30-18(27)9-16-20(22(28)31-5-2)19(13(10-23)21(25)33-16)12-6-7-14(15(8-12)29-3)32-11-17(24)26/h6-8,19H,4-5,9,11,25H2,1-3H3,(H2,24,26). The predicted molar refractivity (Wildman–Crippen MR) is 113 cm³/mol. The number of allylic oxidation sites excluding steroid dienone is 1. The van der Waals surface area contributed by atoms with Gasteiger partial charge < -0.3 is 35.2 Å². The Balaban J connectivity index is 2.65. The van der Waals surface area contributed by atoms with Crippen LogP contribution in [-0.2, 0) is 28.6 Å². The minimum Gasteiger partial charge on any atom is -0.493 e. The summed E-state index contributed by atoms with van der Waals surface area (Å²) in [5.41, 5.74) is 11.4. The Morgan fingerprint density at radius 2 is 1.85 bits per heavy atom. The van der Waals surface area contributed by atoms with Crippen molar-refractivity contribution in [3.05, 3.63) is 46.6 Å². The van der Waals surface area contributed by atoms with Crippen molar-refractivity contribution in [2.24, 2.45) is 11.5 Å². The number of nitrogens with zero attached hydrogens (tertiary/aromatic N) is 1. The van der Waals surface area contributed by atoms with Crippen LogP contribution in [0.25, 0.3) is 0 Å². The third kappa shape index (κ3) is 5.94. The smallest absolute Gasteiger partial charge is 0.338 e. The van der Waals surface area contributed by atoms with E-state index in [4.69, 9.17) is 35.2 Å². The Labute approximate surface area is 190 Å². The fraction of sp³-hybridized carbons (Fsp3) is 0.364. The highest BCUT2D eigenvalue weighted by atomic mass is 16.5. The highest BCUT2D eigenvalue weighted by Crippen LogP contribution is 2.43. The molecule has 2 rings (SSSR count). The monoisotopic (exact) mass is 459 g/mol. The molecule has 0 radical (unpaired) electrons. The van der Waals surface area contributed by atoms with Crippen LogP contribution in [-0.4, -0.2) is 44.8 Å². The van der Waals surface area contributed by atoms with Gasteiger partial charge in [0.25, 0.3) is 5.91 Å². The summed E-state index contributed by atoms with van der Waals surface area (Å²) in [5.74, 6) is -3.04. The molecule has 0 bridgehead atoms. The zero-order valence-corrected chi connectivity index (χ0v) is 18.5. The van der Waals surface area contributed by atoms with Gasteiger partial charge in [-0.1, -0.05) is 6.07 Å². The first-order valence-corrected chi connectivity index (χ1v) is 9.99. The van der Waals surface area contributed by atoms with E-state index in [9.17, 15) is 19.6 Å². The van der Waals surface area contributed by atoms with E-state index >= 15 is 0 Å². The fourth-order valence-electron chi connectivity index (χ4n) is 3.19. The SMILES string of the molecule is CCOC(=O)CC1=C(C(=O)OCC)C(c2ccc(OCC(N)=O)c(OC)c2)C(C#N)=C(N)O1. The summed E-state index contributed by atoms with van der Waals surface area (Å²) in [4.78, 5) is 36.1. The first-order chi connectivity index (χ1) is 15.8. The number of hydrogen-bond donors (Lipinski definition) is 2. The summed E-state index contributed by atoms with van der Waals surface area (Å²) in [5, 5.41) is 9.76. The lowest BCUT2D eigenvalue weighted by molar-refractivity contribution is -0.143. The van der Waals surface area contributed by atoms with Gasteiger partial charge >= 0.3 is 11.9 Å². The van der Waals surface area contributed by atoms with Crippen molar-refractivity contribution < 1.29 is 38.1 Å². The van der Waals surface area contributed by atoms with E-state index in [-0.39, 0.29) is 54.1 Å². The quantitative estimate of drug-likeness (QED) is 0.483. The Hall–Kier alpha value is -4.20. The van der Waals surface area contributed by atoms with Gasteiger partial charge in [-0.25, -0.2) is 4.79 Å². The van der Waals surface area contributed by atoms with Crippen molar-refractivity contribution >= 4 is 17.8 Å². The van der Waals surface area contributed by atoms with E-state index in [1.54, 1.807) is 19.9 Å². The molecule has 1 aromatic rings. The lowest BCUT2D eigenvalue weighted by Gasteiger charge is -2.28. The van der Waals surface area contributed by atoms with Crippen LogP contribution in [0.1, 0.15) is 31.7 Å². The number of nitriles is 1. The van der Waals surface area contributed by atoms with Crippen LogP contribution in [0.5, 0.6) is 11.5 Å². The highest BCUT2D eigenvalue weighted by Gasteiger charge is 2.38. The van der Waals surface area contributed by atoms with Crippen molar-refractivity contribution in [1.29, 1.82) is 5.26 Å². The van der Waals surface area contributed by atoms with Gasteiger partial charge in [0.15, 0.2) is 18.1 Å². The van der Waals surface area contributed by atoms with Crippen LogP contribution < -0.4 is 20.9 Å². The zero-order valence-electron chi connectivity index (χ0n) is 18.5. The first-order valence-electron chi connectivity index (χ1n) is 9.99. The van der Waals surface area contributed by atoms with Crippen molar-refractivity contribution in [2.75, 3.05) is 26.9 Å². The molecule has 11 nitrogen and oxygen atoms in total. The molecule has 1 atom stereocenters. The van der Waals surface area contributed by atoms with Crippen molar-refractivity contribution in [3.8, 4) is 17.6 Å². The molecule has 4 N–H and O–H groups in total. The van der Waals surface area contributed by atoms with Gasteiger partial charge in [-0.05, 0) is 31.5 Å². The average molecular weight is 459 g/mol. The van der Waals surface area contributed by atoms with Crippen LogP contribution in [0.3, 0.4) is 0 Å². The van der Waals surface area contributed by atoms with Crippen LogP contribution in [0.15, 0.2) is 41.0 Å². The Bertz CT molecular complexity index is 1040. The number of rotatable bonds is 10. The third-order valence-electron chi connectivity index (χ3n) is 4.49. The molecule has 0 fully saturated rings. The van der Waals surface area contributed by atoms with Gasteiger partial charge in [-0.3, -0.25) is 9.59 Å². The molecular formula is C22H25N3O8. The van der Waals surface area contributed by atoms with E-state index in [0.29, 0.717) is 5.56 Å². The summed E-state index contributed by atoms with van der Waals surface area (Å²) in [6.07, 6.45) is -0.394. The molecule has 1 heterocycles. The number of benzene rings is 1. The molecule has 1 amide bonds. The summed E-state index contributed by atoms with van der Waals surface area (Å²) in [6, 6.07) is 6.52. The minimum absolute atomic E-state index is 0.0477. The van der Waals surface area contributed by atoms with Crippen LogP contribution in [0.4, 0.5) is 0 Å². The topological polar surface area (TPSA) is 173 Å². The van der Waals surface area contributed by atoms with E-state index in [1.807, 2.05) is 6.07 Å². The minimum atomic E-state index is -1.02. The molecule has 0 saturated heterocycles. The van der Waals surface area contributed by atoms with Crippen LogP contribution in [0, 0.1) is 11.3 Å². The largest absolute Gasteiger partial charge is 0.493 e. The molecule has 0 saturated carbocycles. The van der Waals surface area contributed by atoms with Gasteiger partial charge in [-0.15, -0.1) is 0 Å². The van der Waals surface area contributed by atoms with Crippen LogP contribution in [0.2, 0.25) is 0 Å².